The molecule has 0 amide bonds. The summed E-state index contributed by atoms with van der Waals surface area (Å²) in [5.74, 6) is 1.77. The molecule has 6 nitrogen and oxygen atoms in total. The molecule has 5 rings (SSSR count). The van der Waals surface area contributed by atoms with E-state index in [4.69, 9.17) is 4.74 Å². The smallest absolute Gasteiger partial charge is 0.195 e. The molecule has 168 valence electrons. The number of ketones is 1. The molecule has 0 unspecified atom stereocenters. The fourth-order valence-electron chi connectivity index (χ4n) is 4.52. The van der Waals surface area contributed by atoms with Gasteiger partial charge in [-0.25, -0.2) is 4.98 Å². The largest absolute Gasteiger partial charge is 0.457 e. The summed E-state index contributed by atoms with van der Waals surface area (Å²) < 4.78 is 5.84. The second-order valence-electron chi connectivity index (χ2n) is 8.60. The zero-order valence-electron chi connectivity index (χ0n) is 18.3. The lowest BCUT2D eigenvalue weighted by Crippen LogP contribution is -2.27. The number of H-pyrrole nitrogens is 1. The number of para-hydroxylation sites is 1. The van der Waals surface area contributed by atoms with E-state index in [0.717, 1.165) is 42.5 Å². The summed E-state index contributed by atoms with van der Waals surface area (Å²) in [6.07, 6.45) is 7.53. The highest BCUT2D eigenvalue weighted by Gasteiger charge is 2.23. The summed E-state index contributed by atoms with van der Waals surface area (Å²) in [7, 11) is 0. The molecular formula is C27H27N3O3. The van der Waals surface area contributed by atoms with Crippen LogP contribution >= 0.6 is 0 Å². The van der Waals surface area contributed by atoms with Crippen molar-refractivity contribution in [2.24, 2.45) is 5.92 Å². The van der Waals surface area contributed by atoms with E-state index in [1.165, 1.54) is 0 Å². The van der Waals surface area contributed by atoms with E-state index < -0.39 is 0 Å². The number of aromatic amines is 1. The highest BCUT2D eigenvalue weighted by Crippen LogP contribution is 2.32. The number of rotatable bonds is 7. The van der Waals surface area contributed by atoms with E-state index >= 15 is 0 Å². The first-order chi connectivity index (χ1) is 16.2. The number of benzene rings is 2. The number of ether oxygens (including phenoxy) is 1. The van der Waals surface area contributed by atoms with Crippen molar-refractivity contribution in [2.45, 2.75) is 31.7 Å². The molecule has 1 aliphatic carbocycles. The second kappa shape index (κ2) is 9.46. The average molecular weight is 442 g/mol. The van der Waals surface area contributed by atoms with Gasteiger partial charge in [0.05, 0.1) is 10.9 Å². The van der Waals surface area contributed by atoms with Crippen LogP contribution in [0.3, 0.4) is 0 Å². The van der Waals surface area contributed by atoms with Gasteiger partial charge in [0.2, 0.25) is 0 Å². The number of anilines is 1. The third-order valence-electron chi connectivity index (χ3n) is 6.38. The first-order valence-electron chi connectivity index (χ1n) is 11.4. The molecule has 1 aliphatic rings. The second-order valence-corrected chi connectivity index (χ2v) is 8.60. The molecule has 0 spiro atoms. The van der Waals surface area contributed by atoms with Gasteiger partial charge in [-0.2, -0.15) is 0 Å². The van der Waals surface area contributed by atoms with Gasteiger partial charge in [-0.1, -0.05) is 18.2 Å². The summed E-state index contributed by atoms with van der Waals surface area (Å²) in [4.78, 5) is 20.9. The SMILES string of the molecule is O=C(c1ccc(Oc2ccccc2)cc1)c1c[nH]c2nccc(NC3CCC(CO)CC3)c12. The van der Waals surface area contributed by atoms with Crippen molar-refractivity contribution in [3.05, 3.63) is 84.2 Å². The topological polar surface area (TPSA) is 87.2 Å². The molecule has 0 radical (unpaired) electrons. The third kappa shape index (κ3) is 4.61. The Morgan fingerprint density at radius 2 is 1.73 bits per heavy atom. The van der Waals surface area contributed by atoms with Gasteiger partial charge in [-0.05, 0) is 74.1 Å². The van der Waals surface area contributed by atoms with Gasteiger partial charge >= 0.3 is 0 Å². The van der Waals surface area contributed by atoms with Crippen molar-refractivity contribution in [3.8, 4) is 11.5 Å². The van der Waals surface area contributed by atoms with Crippen molar-refractivity contribution in [3.63, 3.8) is 0 Å². The maximum Gasteiger partial charge on any atom is 0.195 e. The minimum absolute atomic E-state index is 0.0625. The van der Waals surface area contributed by atoms with Crippen LogP contribution in [0.5, 0.6) is 11.5 Å². The fourth-order valence-corrected chi connectivity index (χ4v) is 4.52. The minimum Gasteiger partial charge on any atom is -0.457 e. The molecule has 1 saturated carbocycles. The lowest BCUT2D eigenvalue weighted by Gasteiger charge is -2.29. The summed E-state index contributed by atoms with van der Waals surface area (Å²) in [6.45, 7) is 0.262. The number of aliphatic hydroxyl groups is 1. The molecule has 2 aromatic heterocycles. The van der Waals surface area contributed by atoms with E-state index in [0.29, 0.717) is 34.5 Å². The van der Waals surface area contributed by atoms with Gasteiger partial charge < -0.3 is 20.1 Å². The monoisotopic (exact) mass is 441 g/mol. The lowest BCUT2D eigenvalue weighted by molar-refractivity contribution is 0.104. The molecular weight excluding hydrogens is 414 g/mol. The molecule has 0 aliphatic heterocycles. The summed E-state index contributed by atoms with van der Waals surface area (Å²) in [6, 6.07) is 19.0. The normalized spacial score (nSPS) is 18.2. The Morgan fingerprint density at radius 3 is 2.45 bits per heavy atom. The van der Waals surface area contributed by atoms with Crippen molar-refractivity contribution in [2.75, 3.05) is 11.9 Å². The van der Waals surface area contributed by atoms with Crippen LogP contribution in [0.15, 0.2) is 73.1 Å². The van der Waals surface area contributed by atoms with Crippen LogP contribution in [0.2, 0.25) is 0 Å². The Hall–Kier alpha value is -3.64. The van der Waals surface area contributed by atoms with E-state index in [1.807, 2.05) is 48.5 Å². The fraction of sp³-hybridized carbons (Fsp3) is 0.259. The number of hydrogen-bond donors (Lipinski definition) is 3. The summed E-state index contributed by atoms with van der Waals surface area (Å²) in [5.41, 5.74) is 2.80. The zero-order valence-corrected chi connectivity index (χ0v) is 18.3. The summed E-state index contributed by atoms with van der Waals surface area (Å²) >= 11 is 0. The molecule has 1 fully saturated rings. The van der Waals surface area contributed by atoms with Gasteiger partial charge in [-0.15, -0.1) is 0 Å². The molecule has 2 aromatic carbocycles. The Morgan fingerprint density at radius 1 is 1.00 bits per heavy atom. The van der Waals surface area contributed by atoms with Crippen LogP contribution in [0.4, 0.5) is 5.69 Å². The predicted octanol–water partition coefficient (Wildman–Crippen LogP) is 5.55. The standard InChI is InChI=1S/C27H27N3O3/c31-17-18-6-10-20(11-7-18)30-24-14-15-28-27-25(24)23(16-29-27)26(32)19-8-12-22(13-9-19)33-21-4-2-1-3-5-21/h1-5,8-9,12-16,18,20,31H,6-7,10-11,17H2,(H2,28,29,30). The van der Waals surface area contributed by atoms with Crippen LogP contribution < -0.4 is 10.1 Å². The molecule has 4 aromatic rings. The number of fused-ring (bicyclic) bond motifs is 1. The first-order valence-corrected chi connectivity index (χ1v) is 11.4. The van der Waals surface area contributed by atoms with Gasteiger partial charge in [0, 0.05) is 36.3 Å². The van der Waals surface area contributed by atoms with Crippen molar-refractivity contribution >= 4 is 22.5 Å². The van der Waals surface area contributed by atoms with Gasteiger partial charge in [0.15, 0.2) is 5.78 Å². The summed E-state index contributed by atoms with van der Waals surface area (Å²) in [5, 5.41) is 13.8. The van der Waals surface area contributed by atoms with Gasteiger partial charge in [0.25, 0.3) is 0 Å². The minimum atomic E-state index is -0.0625. The number of nitrogens with one attached hydrogen (secondary N) is 2. The zero-order chi connectivity index (χ0) is 22.6. The third-order valence-corrected chi connectivity index (χ3v) is 6.38. The van der Waals surface area contributed by atoms with Gasteiger partial charge in [-0.3, -0.25) is 4.79 Å². The Balaban J connectivity index is 1.36. The number of carbonyl (C=O) groups excluding carboxylic acids is 1. The quantitative estimate of drug-likeness (QED) is 0.327. The van der Waals surface area contributed by atoms with Crippen LogP contribution in [0, 0.1) is 5.92 Å². The van der Waals surface area contributed by atoms with Crippen molar-refractivity contribution in [1.82, 2.24) is 9.97 Å². The number of aromatic nitrogens is 2. The number of carbonyl (C=O) groups is 1. The number of aliphatic hydroxyl groups excluding tert-OH is 1. The molecule has 3 N–H and O–H groups in total. The highest BCUT2D eigenvalue weighted by molar-refractivity contribution is 6.18. The Bertz CT molecular complexity index is 1230. The van der Waals surface area contributed by atoms with Crippen LogP contribution in [-0.4, -0.2) is 33.5 Å². The molecule has 0 bridgehead atoms. The van der Waals surface area contributed by atoms with E-state index in [1.54, 1.807) is 24.5 Å². The van der Waals surface area contributed by atoms with Crippen LogP contribution in [0.1, 0.15) is 41.6 Å². The molecule has 33 heavy (non-hydrogen) atoms. The molecule has 2 heterocycles. The van der Waals surface area contributed by atoms with Crippen molar-refractivity contribution < 1.29 is 14.6 Å². The number of nitrogens with zero attached hydrogens (tertiary/aromatic N) is 1. The molecule has 6 heteroatoms. The Kier molecular flexibility index (Phi) is 6.09. The van der Waals surface area contributed by atoms with Crippen LogP contribution in [-0.2, 0) is 0 Å². The van der Waals surface area contributed by atoms with E-state index in [-0.39, 0.29) is 12.4 Å². The molecule has 0 atom stereocenters. The van der Waals surface area contributed by atoms with Crippen molar-refractivity contribution in [1.29, 1.82) is 0 Å². The Labute approximate surface area is 192 Å². The molecule has 0 saturated heterocycles. The van der Waals surface area contributed by atoms with E-state index in [2.05, 4.69) is 15.3 Å². The predicted molar refractivity (Wildman–Crippen MR) is 129 cm³/mol. The maximum atomic E-state index is 13.4. The number of pyridine rings is 1. The lowest BCUT2D eigenvalue weighted by atomic mass is 9.86. The van der Waals surface area contributed by atoms with Crippen LogP contribution in [0.25, 0.3) is 11.0 Å². The average Bonchev–Trinajstić information content (AvgIpc) is 3.30. The van der Waals surface area contributed by atoms with E-state index in [9.17, 15) is 9.90 Å². The first kappa shape index (κ1) is 21.2. The number of hydrogen-bond acceptors (Lipinski definition) is 5. The highest BCUT2D eigenvalue weighted by atomic mass is 16.5. The maximum absolute atomic E-state index is 13.4. The van der Waals surface area contributed by atoms with Gasteiger partial charge in [0.1, 0.15) is 17.1 Å².